The van der Waals surface area contributed by atoms with Crippen LogP contribution in [0.15, 0.2) is 24.3 Å². The molecule has 0 heterocycles. The van der Waals surface area contributed by atoms with Crippen LogP contribution in [0, 0.1) is 15.4 Å². The summed E-state index contributed by atoms with van der Waals surface area (Å²) in [5.41, 5.74) is 0.926. The molecule has 0 N–H and O–H groups in total. The Kier molecular flexibility index (Phi) is 4.60. The summed E-state index contributed by atoms with van der Waals surface area (Å²) in [5.74, 6) is 1.40. The van der Waals surface area contributed by atoms with Gasteiger partial charge in [-0.15, -0.1) is 0 Å². The van der Waals surface area contributed by atoms with Crippen molar-refractivity contribution in [2.24, 2.45) is 11.8 Å². The third kappa shape index (κ3) is 3.09. The molecule has 0 amide bonds. The summed E-state index contributed by atoms with van der Waals surface area (Å²) >= 11 is 2.27. The quantitative estimate of drug-likeness (QED) is 0.575. The molecule has 0 radical (unpaired) electrons. The van der Waals surface area contributed by atoms with Crippen LogP contribution < -0.4 is 0 Å². The third-order valence-corrected chi connectivity index (χ3v) is 4.81. The molecule has 1 nitrogen and oxygen atoms in total. The Morgan fingerprint density at radius 2 is 2.12 bits per heavy atom. The van der Waals surface area contributed by atoms with E-state index in [1.807, 2.05) is 24.3 Å². The maximum atomic E-state index is 12.5. The van der Waals surface area contributed by atoms with Gasteiger partial charge >= 0.3 is 0 Å². The molecule has 17 heavy (non-hydrogen) atoms. The van der Waals surface area contributed by atoms with Gasteiger partial charge in [0.2, 0.25) is 0 Å². The zero-order valence-corrected chi connectivity index (χ0v) is 12.4. The van der Waals surface area contributed by atoms with Crippen molar-refractivity contribution in [3.63, 3.8) is 0 Å². The Morgan fingerprint density at radius 1 is 1.35 bits per heavy atom. The highest BCUT2D eigenvalue weighted by atomic mass is 127. The van der Waals surface area contributed by atoms with Crippen molar-refractivity contribution in [1.82, 2.24) is 0 Å². The summed E-state index contributed by atoms with van der Waals surface area (Å²) in [6.45, 7) is 2.24. The number of benzene rings is 1. The van der Waals surface area contributed by atoms with Crippen molar-refractivity contribution >= 4 is 28.4 Å². The van der Waals surface area contributed by atoms with Gasteiger partial charge in [0.25, 0.3) is 0 Å². The van der Waals surface area contributed by atoms with Crippen LogP contribution in [-0.4, -0.2) is 5.78 Å². The normalized spacial score (nSPS) is 24.6. The molecule has 2 atom stereocenters. The van der Waals surface area contributed by atoms with Gasteiger partial charge in [-0.1, -0.05) is 44.4 Å². The van der Waals surface area contributed by atoms with E-state index in [1.165, 1.54) is 19.3 Å². The first-order chi connectivity index (χ1) is 8.22. The molecule has 2 rings (SSSR count). The topological polar surface area (TPSA) is 17.1 Å². The van der Waals surface area contributed by atoms with Gasteiger partial charge in [-0.3, -0.25) is 4.79 Å². The lowest BCUT2D eigenvalue weighted by atomic mass is 9.77. The van der Waals surface area contributed by atoms with Crippen LogP contribution in [0.1, 0.15) is 49.4 Å². The highest BCUT2D eigenvalue weighted by Gasteiger charge is 2.27. The van der Waals surface area contributed by atoms with Crippen LogP contribution in [-0.2, 0) is 0 Å². The van der Waals surface area contributed by atoms with Crippen LogP contribution in [0.5, 0.6) is 0 Å². The molecular weight excluding hydrogens is 323 g/mol. The predicted octanol–water partition coefficient (Wildman–Crippen LogP) is 4.69. The third-order valence-electron chi connectivity index (χ3n) is 3.87. The standard InChI is InChI=1S/C15H19IO/c1-2-11-6-5-7-12(10-11)15(17)13-8-3-4-9-14(13)16/h3-4,8-9,11-12H,2,5-7,10H2,1H3. The van der Waals surface area contributed by atoms with Gasteiger partial charge in [0.15, 0.2) is 5.78 Å². The second-order valence-electron chi connectivity index (χ2n) is 4.98. The fourth-order valence-electron chi connectivity index (χ4n) is 2.78. The minimum atomic E-state index is 0.268. The lowest BCUT2D eigenvalue weighted by Gasteiger charge is -2.27. The minimum Gasteiger partial charge on any atom is -0.294 e. The molecule has 0 saturated heterocycles. The van der Waals surface area contributed by atoms with Gasteiger partial charge in [-0.05, 0) is 47.4 Å². The molecule has 1 fully saturated rings. The van der Waals surface area contributed by atoms with Crippen molar-refractivity contribution < 1.29 is 4.79 Å². The SMILES string of the molecule is CCC1CCCC(C(=O)c2ccccc2I)C1. The Balaban J connectivity index is 2.12. The maximum absolute atomic E-state index is 12.5. The van der Waals surface area contributed by atoms with Crippen molar-refractivity contribution in [2.45, 2.75) is 39.0 Å². The fourth-order valence-corrected chi connectivity index (χ4v) is 3.43. The first-order valence-corrected chi connectivity index (χ1v) is 7.59. The number of carbonyl (C=O) groups excluding carboxylic acids is 1. The molecule has 1 saturated carbocycles. The van der Waals surface area contributed by atoms with E-state index in [1.54, 1.807) is 0 Å². The molecule has 2 heteroatoms. The molecule has 0 aromatic heterocycles. The summed E-state index contributed by atoms with van der Waals surface area (Å²) in [5, 5.41) is 0. The van der Waals surface area contributed by atoms with E-state index in [9.17, 15) is 4.79 Å². The van der Waals surface area contributed by atoms with Crippen LogP contribution in [0.25, 0.3) is 0 Å². The first kappa shape index (κ1) is 13.1. The second-order valence-corrected chi connectivity index (χ2v) is 6.14. The second kappa shape index (κ2) is 5.98. The minimum absolute atomic E-state index is 0.268. The average Bonchev–Trinajstić information content (AvgIpc) is 2.38. The van der Waals surface area contributed by atoms with Gasteiger partial charge in [-0.2, -0.15) is 0 Å². The van der Waals surface area contributed by atoms with Gasteiger partial charge < -0.3 is 0 Å². The molecular formula is C15H19IO. The van der Waals surface area contributed by atoms with Gasteiger partial charge in [0.05, 0.1) is 0 Å². The van der Waals surface area contributed by atoms with E-state index in [2.05, 4.69) is 29.5 Å². The Labute approximate surface area is 117 Å². The number of hydrogen-bond acceptors (Lipinski definition) is 1. The fraction of sp³-hybridized carbons (Fsp3) is 0.533. The first-order valence-electron chi connectivity index (χ1n) is 6.51. The highest BCUT2D eigenvalue weighted by Crippen LogP contribution is 2.33. The molecule has 0 spiro atoms. The molecule has 1 aromatic rings. The van der Waals surface area contributed by atoms with Crippen molar-refractivity contribution in [3.8, 4) is 0 Å². The van der Waals surface area contributed by atoms with E-state index in [-0.39, 0.29) is 5.92 Å². The Morgan fingerprint density at radius 3 is 2.82 bits per heavy atom. The highest BCUT2D eigenvalue weighted by molar-refractivity contribution is 14.1. The molecule has 1 aliphatic rings. The van der Waals surface area contributed by atoms with Crippen molar-refractivity contribution in [2.75, 3.05) is 0 Å². The number of ketones is 1. The largest absolute Gasteiger partial charge is 0.294 e. The van der Waals surface area contributed by atoms with Crippen LogP contribution >= 0.6 is 22.6 Å². The van der Waals surface area contributed by atoms with Crippen molar-refractivity contribution in [1.29, 1.82) is 0 Å². The number of carbonyl (C=O) groups is 1. The zero-order chi connectivity index (χ0) is 12.3. The number of halogens is 1. The molecule has 2 unspecified atom stereocenters. The van der Waals surface area contributed by atoms with Gasteiger partial charge in [-0.25, -0.2) is 0 Å². The summed E-state index contributed by atoms with van der Waals surface area (Å²) < 4.78 is 1.09. The molecule has 1 aromatic carbocycles. The average molecular weight is 342 g/mol. The van der Waals surface area contributed by atoms with Crippen molar-refractivity contribution in [3.05, 3.63) is 33.4 Å². The van der Waals surface area contributed by atoms with Crippen LogP contribution in [0.3, 0.4) is 0 Å². The maximum Gasteiger partial charge on any atom is 0.167 e. The predicted molar refractivity (Wildman–Crippen MR) is 79.2 cm³/mol. The molecule has 0 bridgehead atoms. The van der Waals surface area contributed by atoms with E-state index >= 15 is 0 Å². The monoisotopic (exact) mass is 342 g/mol. The number of hydrogen-bond donors (Lipinski definition) is 0. The summed E-state index contributed by atoms with van der Waals surface area (Å²) in [6.07, 6.45) is 5.93. The van der Waals surface area contributed by atoms with Crippen LogP contribution in [0.2, 0.25) is 0 Å². The molecule has 0 aliphatic heterocycles. The summed E-state index contributed by atoms with van der Waals surface area (Å²) in [6, 6.07) is 7.96. The van der Waals surface area contributed by atoms with Gasteiger partial charge in [0.1, 0.15) is 0 Å². The van der Waals surface area contributed by atoms with Gasteiger partial charge in [0, 0.05) is 15.1 Å². The number of Topliss-reactive ketones (excluding diaryl/α,β-unsaturated/α-hetero) is 1. The van der Waals surface area contributed by atoms with E-state index in [4.69, 9.17) is 0 Å². The smallest absolute Gasteiger partial charge is 0.167 e. The van der Waals surface area contributed by atoms with E-state index in [0.717, 1.165) is 27.9 Å². The summed E-state index contributed by atoms with van der Waals surface area (Å²) in [7, 11) is 0. The lowest BCUT2D eigenvalue weighted by Crippen LogP contribution is -2.23. The molecule has 92 valence electrons. The Hall–Kier alpha value is -0.380. The molecule has 1 aliphatic carbocycles. The summed E-state index contributed by atoms with van der Waals surface area (Å²) in [4.78, 5) is 12.5. The lowest BCUT2D eigenvalue weighted by molar-refractivity contribution is 0.0861. The number of rotatable bonds is 3. The zero-order valence-electron chi connectivity index (χ0n) is 10.3. The van der Waals surface area contributed by atoms with Crippen LogP contribution in [0.4, 0.5) is 0 Å². The van der Waals surface area contributed by atoms with E-state index < -0.39 is 0 Å². The van der Waals surface area contributed by atoms with E-state index in [0.29, 0.717) is 5.78 Å². The Bertz CT molecular complexity index is 400.